The Morgan fingerprint density at radius 3 is 2.94 bits per heavy atom. The van der Waals surface area contributed by atoms with Gasteiger partial charge in [-0.2, -0.15) is 0 Å². The molecule has 1 saturated carbocycles. The lowest BCUT2D eigenvalue weighted by molar-refractivity contribution is -0.00863. The highest BCUT2D eigenvalue weighted by atomic mass is 16.5. The molecule has 0 spiro atoms. The molecule has 1 aromatic carbocycles. The van der Waals surface area contributed by atoms with E-state index in [9.17, 15) is 9.90 Å². The number of ether oxygens (including phenoxy) is 1. The molecule has 0 unspecified atom stereocenters. The standard InChI is InChI=1S/C13H18N2O3/c1-2-18-9-6-8(7-9)15-13(17)10-4-3-5-11(14)12(10)16/h3-5,8-9,16H,2,6-7,14H2,1H3,(H,15,17). The highest BCUT2D eigenvalue weighted by Gasteiger charge is 2.31. The highest BCUT2D eigenvalue weighted by Crippen LogP contribution is 2.27. The molecule has 1 fully saturated rings. The maximum absolute atomic E-state index is 11.9. The van der Waals surface area contributed by atoms with Crippen LogP contribution in [-0.2, 0) is 4.74 Å². The van der Waals surface area contributed by atoms with E-state index in [1.807, 2.05) is 6.92 Å². The quantitative estimate of drug-likeness (QED) is 0.555. The molecular weight excluding hydrogens is 232 g/mol. The Morgan fingerprint density at radius 1 is 1.56 bits per heavy atom. The predicted molar refractivity (Wildman–Crippen MR) is 68.4 cm³/mol. The van der Waals surface area contributed by atoms with Crippen LogP contribution >= 0.6 is 0 Å². The smallest absolute Gasteiger partial charge is 0.255 e. The van der Waals surface area contributed by atoms with Crippen molar-refractivity contribution in [1.82, 2.24) is 5.32 Å². The van der Waals surface area contributed by atoms with Gasteiger partial charge in [-0.3, -0.25) is 4.79 Å². The Morgan fingerprint density at radius 2 is 2.28 bits per heavy atom. The van der Waals surface area contributed by atoms with Gasteiger partial charge in [0.15, 0.2) is 5.75 Å². The van der Waals surface area contributed by atoms with Crippen LogP contribution in [0.15, 0.2) is 18.2 Å². The van der Waals surface area contributed by atoms with Crippen LogP contribution in [0.5, 0.6) is 5.75 Å². The second kappa shape index (κ2) is 5.27. The average molecular weight is 250 g/mol. The molecule has 0 atom stereocenters. The minimum absolute atomic E-state index is 0.120. The van der Waals surface area contributed by atoms with Crippen LogP contribution in [-0.4, -0.2) is 29.8 Å². The normalized spacial score (nSPS) is 22.3. The van der Waals surface area contributed by atoms with Crippen molar-refractivity contribution in [2.24, 2.45) is 0 Å². The molecule has 18 heavy (non-hydrogen) atoms. The number of nitrogens with one attached hydrogen (secondary N) is 1. The summed E-state index contributed by atoms with van der Waals surface area (Å²) in [6.45, 7) is 2.65. The molecule has 5 heteroatoms. The minimum atomic E-state index is -0.292. The summed E-state index contributed by atoms with van der Waals surface area (Å²) in [6, 6.07) is 4.88. The van der Waals surface area contributed by atoms with Gasteiger partial charge in [-0.05, 0) is 31.9 Å². The molecule has 0 radical (unpaired) electrons. The SMILES string of the molecule is CCOC1CC(NC(=O)c2cccc(N)c2O)C1. The van der Waals surface area contributed by atoms with Crippen LogP contribution in [0.4, 0.5) is 5.69 Å². The van der Waals surface area contributed by atoms with Gasteiger partial charge >= 0.3 is 0 Å². The van der Waals surface area contributed by atoms with Gasteiger partial charge < -0.3 is 20.9 Å². The monoisotopic (exact) mass is 250 g/mol. The van der Waals surface area contributed by atoms with E-state index in [4.69, 9.17) is 10.5 Å². The number of carbonyl (C=O) groups is 1. The van der Waals surface area contributed by atoms with Gasteiger partial charge in [0.25, 0.3) is 5.91 Å². The number of hydrogen-bond donors (Lipinski definition) is 3. The maximum Gasteiger partial charge on any atom is 0.255 e. The van der Waals surface area contributed by atoms with Gasteiger partial charge in [0, 0.05) is 12.6 Å². The van der Waals surface area contributed by atoms with Crippen LogP contribution < -0.4 is 11.1 Å². The second-order valence-electron chi connectivity index (χ2n) is 4.46. The topological polar surface area (TPSA) is 84.6 Å². The molecule has 0 aromatic heterocycles. The van der Waals surface area contributed by atoms with Crippen molar-refractivity contribution >= 4 is 11.6 Å². The number of phenolic OH excluding ortho intramolecular Hbond substituents is 1. The highest BCUT2D eigenvalue weighted by molar-refractivity contribution is 5.98. The van der Waals surface area contributed by atoms with E-state index in [-0.39, 0.29) is 35.1 Å². The van der Waals surface area contributed by atoms with Crippen molar-refractivity contribution in [2.75, 3.05) is 12.3 Å². The summed E-state index contributed by atoms with van der Waals surface area (Å²) in [5, 5.41) is 12.6. The van der Waals surface area contributed by atoms with Gasteiger partial charge in [0.05, 0.1) is 17.4 Å². The van der Waals surface area contributed by atoms with Crippen molar-refractivity contribution in [2.45, 2.75) is 31.9 Å². The Balaban J connectivity index is 1.91. The van der Waals surface area contributed by atoms with E-state index >= 15 is 0 Å². The van der Waals surface area contributed by atoms with Gasteiger partial charge in [0.2, 0.25) is 0 Å². The molecule has 0 aliphatic heterocycles. The predicted octanol–water partition coefficient (Wildman–Crippen LogP) is 1.27. The Bertz CT molecular complexity index is 442. The van der Waals surface area contributed by atoms with Crippen LogP contribution in [0.3, 0.4) is 0 Å². The van der Waals surface area contributed by atoms with E-state index in [2.05, 4.69) is 5.32 Å². The van der Waals surface area contributed by atoms with E-state index in [1.165, 1.54) is 0 Å². The third-order valence-corrected chi connectivity index (χ3v) is 3.14. The van der Waals surface area contributed by atoms with E-state index in [1.54, 1.807) is 18.2 Å². The van der Waals surface area contributed by atoms with Gasteiger partial charge in [-0.1, -0.05) is 6.07 Å². The first-order valence-electron chi connectivity index (χ1n) is 6.11. The number of nitrogens with two attached hydrogens (primary N) is 1. The molecule has 1 aliphatic rings. The summed E-state index contributed by atoms with van der Waals surface area (Å²) in [7, 11) is 0. The van der Waals surface area contributed by atoms with E-state index in [0.717, 1.165) is 12.8 Å². The summed E-state index contributed by atoms with van der Waals surface area (Å²) < 4.78 is 5.42. The van der Waals surface area contributed by atoms with Crippen molar-refractivity contribution < 1.29 is 14.6 Å². The number of nitrogen functional groups attached to an aromatic ring is 1. The number of rotatable bonds is 4. The average Bonchev–Trinajstić information content (AvgIpc) is 2.30. The molecule has 0 bridgehead atoms. The van der Waals surface area contributed by atoms with Crippen molar-refractivity contribution in [1.29, 1.82) is 0 Å². The second-order valence-corrected chi connectivity index (χ2v) is 4.46. The lowest BCUT2D eigenvalue weighted by Crippen LogP contribution is -2.47. The third-order valence-electron chi connectivity index (χ3n) is 3.14. The summed E-state index contributed by atoms with van der Waals surface area (Å²) in [5.41, 5.74) is 5.98. The summed E-state index contributed by atoms with van der Waals surface area (Å²) in [4.78, 5) is 11.9. The number of aromatic hydroxyl groups is 1. The summed E-state index contributed by atoms with van der Waals surface area (Å²) >= 11 is 0. The van der Waals surface area contributed by atoms with Gasteiger partial charge in [-0.15, -0.1) is 0 Å². The Labute approximate surface area is 106 Å². The molecule has 2 rings (SSSR count). The molecule has 98 valence electrons. The minimum Gasteiger partial charge on any atom is -0.505 e. The molecule has 1 aliphatic carbocycles. The van der Waals surface area contributed by atoms with Crippen molar-refractivity contribution in [3.8, 4) is 5.75 Å². The van der Waals surface area contributed by atoms with E-state index in [0.29, 0.717) is 6.61 Å². The fourth-order valence-electron chi connectivity index (χ4n) is 2.06. The van der Waals surface area contributed by atoms with Crippen LogP contribution in [0.25, 0.3) is 0 Å². The number of para-hydroxylation sites is 1. The molecule has 1 aromatic rings. The van der Waals surface area contributed by atoms with E-state index < -0.39 is 0 Å². The Kier molecular flexibility index (Phi) is 3.72. The van der Waals surface area contributed by atoms with Crippen LogP contribution in [0.2, 0.25) is 0 Å². The number of benzene rings is 1. The number of carbonyl (C=O) groups excluding carboxylic acids is 1. The van der Waals surface area contributed by atoms with Crippen molar-refractivity contribution in [3.63, 3.8) is 0 Å². The van der Waals surface area contributed by atoms with Crippen LogP contribution in [0, 0.1) is 0 Å². The molecule has 0 saturated heterocycles. The molecule has 4 N–H and O–H groups in total. The first-order chi connectivity index (χ1) is 8.61. The summed E-state index contributed by atoms with van der Waals surface area (Å²) in [5.74, 6) is -0.449. The largest absolute Gasteiger partial charge is 0.505 e. The fraction of sp³-hybridized carbons (Fsp3) is 0.462. The summed E-state index contributed by atoms with van der Waals surface area (Å²) in [6.07, 6.45) is 1.89. The van der Waals surface area contributed by atoms with Gasteiger partial charge in [0.1, 0.15) is 0 Å². The lowest BCUT2D eigenvalue weighted by Gasteiger charge is -2.35. The van der Waals surface area contributed by atoms with Crippen molar-refractivity contribution in [3.05, 3.63) is 23.8 Å². The number of hydrogen-bond acceptors (Lipinski definition) is 4. The van der Waals surface area contributed by atoms with Crippen LogP contribution in [0.1, 0.15) is 30.1 Å². The lowest BCUT2D eigenvalue weighted by atomic mass is 9.89. The zero-order valence-corrected chi connectivity index (χ0v) is 10.3. The fourth-order valence-corrected chi connectivity index (χ4v) is 2.06. The molecule has 0 heterocycles. The Hall–Kier alpha value is -1.75. The first-order valence-corrected chi connectivity index (χ1v) is 6.11. The van der Waals surface area contributed by atoms with Gasteiger partial charge in [-0.25, -0.2) is 0 Å². The zero-order chi connectivity index (χ0) is 13.1. The first kappa shape index (κ1) is 12.7. The number of phenols is 1. The number of anilines is 1. The molecular formula is C13H18N2O3. The maximum atomic E-state index is 11.9. The zero-order valence-electron chi connectivity index (χ0n) is 10.3. The number of amides is 1. The molecule has 5 nitrogen and oxygen atoms in total. The third kappa shape index (κ3) is 2.56. The molecule has 1 amide bonds.